The molecule has 0 aliphatic rings. The Labute approximate surface area is 129 Å². The van der Waals surface area contributed by atoms with E-state index in [0.29, 0.717) is 11.4 Å². The van der Waals surface area contributed by atoms with Gasteiger partial charge < -0.3 is 10.1 Å². The van der Waals surface area contributed by atoms with E-state index in [1.54, 1.807) is 25.3 Å². The standard InChI is InChI=1S/C17H19ClFNO/c1-3-20-16(12-5-4-6-15(19)10-12)11-13-9-14(18)7-8-17(13)21-2/h4-10,16,20H,3,11H2,1-2H3. The Morgan fingerprint density at radius 3 is 2.71 bits per heavy atom. The zero-order chi connectivity index (χ0) is 15.2. The maximum atomic E-state index is 13.4. The molecule has 2 aromatic rings. The molecule has 2 nitrogen and oxygen atoms in total. The lowest BCUT2D eigenvalue weighted by atomic mass is 9.98. The van der Waals surface area contributed by atoms with E-state index >= 15 is 0 Å². The highest BCUT2D eigenvalue weighted by atomic mass is 35.5. The van der Waals surface area contributed by atoms with Gasteiger partial charge in [-0.05, 0) is 54.4 Å². The zero-order valence-corrected chi connectivity index (χ0v) is 13.0. The van der Waals surface area contributed by atoms with E-state index in [-0.39, 0.29) is 11.9 Å². The summed E-state index contributed by atoms with van der Waals surface area (Å²) in [4.78, 5) is 0. The van der Waals surface area contributed by atoms with E-state index in [2.05, 4.69) is 5.32 Å². The van der Waals surface area contributed by atoms with Crippen LogP contribution in [0.5, 0.6) is 5.75 Å². The fourth-order valence-electron chi connectivity index (χ4n) is 2.40. The lowest BCUT2D eigenvalue weighted by Crippen LogP contribution is -2.23. The first-order valence-electron chi connectivity index (χ1n) is 6.95. The molecule has 4 heteroatoms. The van der Waals surface area contributed by atoms with Gasteiger partial charge in [0.1, 0.15) is 11.6 Å². The Morgan fingerprint density at radius 2 is 2.05 bits per heavy atom. The minimum atomic E-state index is -0.228. The van der Waals surface area contributed by atoms with E-state index in [1.165, 1.54) is 6.07 Å². The summed E-state index contributed by atoms with van der Waals surface area (Å²) in [5, 5.41) is 4.05. The summed E-state index contributed by atoms with van der Waals surface area (Å²) >= 11 is 6.07. The number of halogens is 2. The monoisotopic (exact) mass is 307 g/mol. The fraction of sp³-hybridized carbons (Fsp3) is 0.294. The second-order valence-electron chi connectivity index (χ2n) is 4.83. The quantitative estimate of drug-likeness (QED) is 0.855. The number of rotatable bonds is 6. The number of nitrogens with one attached hydrogen (secondary N) is 1. The molecular weight excluding hydrogens is 289 g/mol. The van der Waals surface area contributed by atoms with Crippen molar-refractivity contribution in [3.63, 3.8) is 0 Å². The summed E-state index contributed by atoms with van der Waals surface area (Å²) in [6.45, 7) is 2.82. The van der Waals surface area contributed by atoms with Gasteiger partial charge in [-0.2, -0.15) is 0 Å². The molecule has 0 aliphatic carbocycles. The largest absolute Gasteiger partial charge is 0.496 e. The normalized spacial score (nSPS) is 12.2. The van der Waals surface area contributed by atoms with E-state index in [4.69, 9.17) is 16.3 Å². The van der Waals surface area contributed by atoms with Gasteiger partial charge in [-0.1, -0.05) is 30.7 Å². The highest BCUT2D eigenvalue weighted by Crippen LogP contribution is 2.28. The minimum absolute atomic E-state index is 0.0121. The van der Waals surface area contributed by atoms with E-state index in [9.17, 15) is 4.39 Å². The van der Waals surface area contributed by atoms with Gasteiger partial charge in [-0.15, -0.1) is 0 Å². The third kappa shape index (κ3) is 4.19. The van der Waals surface area contributed by atoms with Crippen molar-refractivity contribution in [3.05, 3.63) is 64.4 Å². The Morgan fingerprint density at radius 1 is 1.24 bits per heavy atom. The van der Waals surface area contributed by atoms with Crippen LogP contribution in [0.3, 0.4) is 0 Å². The molecule has 112 valence electrons. The molecule has 0 amide bonds. The summed E-state index contributed by atoms with van der Waals surface area (Å²) in [7, 11) is 1.64. The number of hydrogen-bond donors (Lipinski definition) is 1. The highest BCUT2D eigenvalue weighted by molar-refractivity contribution is 6.30. The molecule has 1 unspecified atom stereocenters. The molecule has 0 saturated heterocycles. The van der Waals surface area contributed by atoms with E-state index in [1.807, 2.05) is 25.1 Å². The Bertz CT molecular complexity index is 603. The minimum Gasteiger partial charge on any atom is -0.496 e. The molecule has 0 aromatic heterocycles. The van der Waals surface area contributed by atoms with Crippen molar-refractivity contribution in [1.82, 2.24) is 5.32 Å². The summed E-state index contributed by atoms with van der Waals surface area (Å²) in [5.74, 6) is 0.562. The molecule has 21 heavy (non-hydrogen) atoms. The Kier molecular flexibility index (Phi) is 5.59. The van der Waals surface area contributed by atoms with Gasteiger partial charge in [0.2, 0.25) is 0 Å². The van der Waals surface area contributed by atoms with Crippen molar-refractivity contribution in [3.8, 4) is 5.75 Å². The molecule has 0 saturated carbocycles. The molecule has 2 aromatic carbocycles. The molecular formula is C17H19ClFNO. The first-order valence-corrected chi connectivity index (χ1v) is 7.33. The molecule has 2 rings (SSSR count). The molecule has 1 N–H and O–H groups in total. The van der Waals surface area contributed by atoms with Crippen molar-refractivity contribution < 1.29 is 9.13 Å². The maximum Gasteiger partial charge on any atom is 0.123 e. The number of ether oxygens (including phenoxy) is 1. The number of benzene rings is 2. The summed E-state index contributed by atoms with van der Waals surface area (Å²) < 4.78 is 18.8. The third-order valence-corrected chi connectivity index (χ3v) is 3.60. The number of hydrogen-bond acceptors (Lipinski definition) is 2. The first-order chi connectivity index (χ1) is 10.1. The molecule has 0 heterocycles. The maximum absolute atomic E-state index is 13.4. The van der Waals surface area contributed by atoms with E-state index < -0.39 is 0 Å². The molecule has 0 radical (unpaired) electrons. The van der Waals surface area contributed by atoms with Crippen molar-refractivity contribution >= 4 is 11.6 Å². The van der Waals surface area contributed by atoms with Crippen LogP contribution < -0.4 is 10.1 Å². The third-order valence-electron chi connectivity index (χ3n) is 3.37. The second-order valence-corrected chi connectivity index (χ2v) is 5.26. The fourth-order valence-corrected chi connectivity index (χ4v) is 2.60. The average Bonchev–Trinajstić information content (AvgIpc) is 2.47. The molecule has 0 aliphatic heterocycles. The predicted molar refractivity (Wildman–Crippen MR) is 84.5 cm³/mol. The van der Waals surface area contributed by atoms with Crippen molar-refractivity contribution in [2.75, 3.05) is 13.7 Å². The van der Waals surface area contributed by atoms with Crippen LogP contribution >= 0.6 is 11.6 Å². The Balaban J connectivity index is 2.30. The SMILES string of the molecule is CCNC(Cc1cc(Cl)ccc1OC)c1cccc(F)c1. The highest BCUT2D eigenvalue weighted by Gasteiger charge is 2.15. The van der Waals surface area contributed by atoms with Crippen LogP contribution in [0.15, 0.2) is 42.5 Å². The van der Waals surface area contributed by atoms with Gasteiger partial charge in [0, 0.05) is 11.1 Å². The number of methoxy groups -OCH3 is 1. The topological polar surface area (TPSA) is 21.3 Å². The summed E-state index contributed by atoms with van der Waals surface area (Å²) in [6, 6.07) is 12.2. The summed E-state index contributed by atoms with van der Waals surface area (Å²) in [6.07, 6.45) is 0.682. The first kappa shape index (κ1) is 15.8. The van der Waals surface area contributed by atoms with Gasteiger partial charge >= 0.3 is 0 Å². The van der Waals surface area contributed by atoms with Crippen LogP contribution in [0.2, 0.25) is 5.02 Å². The summed E-state index contributed by atoms with van der Waals surface area (Å²) in [5.41, 5.74) is 1.92. The van der Waals surface area contributed by atoms with Crippen molar-refractivity contribution in [1.29, 1.82) is 0 Å². The van der Waals surface area contributed by atoms with Crippen LogP contribution in [0.1, 0.15) is 24.1 Å². The molecule has 0 spiro atoms. The molecule has 0 fully saturated rings. The van der Waals surface area contributed by atoms with Crippen molar-refractivity contribution in [2.45, 2.75) is 19.4 Å². The lowest BCUT2D eigenvalue weighted by molar-refractivity contribution is 0.405. The number of likely N-dealkylation sites (N-methyl/N-ethyl adjacent to an activating group) is 1. The van der Waals surface area contributed by atoms with E-state index in [0.717, 1.165) is 23.4 Å². The molecule has 1 atom stereocenters. The van der Waals surface area contributed by atoms with Gasteiger partial charge in [-0.3, -0.25) is 0 Å². The van der Waals surface area contributed by atoms with Crippen LogP contribution in [-0.4, -0.2) is 13.7 Å². The van der Waals surface area contributed by atoms with Gasteiger partial charge in [0.05, 0.1) is 7.11 Å². The van der Waals surface area contributed by atoms with Crippen LogP contribution in [0.4, 0.5) is 4.39 Å². The lowest BCUT2D eigenvalue weighted by Gasteiger charge is -2.20. The van der Waals surface area contributed by atoms with Gasteiger partial charge in [0.15, 0.2) is 0 Å². The predicted octanol–water partition coefficient (Wildman–Crippen LogP) is 4.38. The van der Waals surface area contributed by atoms with Crippen LogP contribution in [0, 0.1) is 5.82 Å². The average molecular weight is 308 g/mol. The van der Waals surface area contributed by atoms with Gasteiger partial charge in [-0.25, -0.2) is 4.39 Å². The second kappa shape index (κ2) is 7.43. The van der Waals surface area contributed by atoms with Crippen molar-refractivity contribution in [2.24, 2.45) is 0 Å². The van der Waals surface area contributed by atoms with Crippen LogP contribution in [-0.2, 0) is 6.42 Å². The zero-order valence-electron chi connectivity index (χ0n) is 12.2. The smallest absolute Gasteiger partial charge is 0.123 e. The van der Waals surface area contributed by atoms with Gasteiger partial charge in [0.25, 0.3) is 0 Å². The Hall–Kier alpha value is -1.58. The molecule has 0 bridgehead atoms. The van der Waals surface area contributed by atoms with Crippen LogP contribution in [0.25, 0.3) is 0 Å².